The van der Waals surface area contributed by atoms with Crippen LogP contribution in [-0.2, 0) is 29.1 Å². The van der Waals surface area contributed by atoms with Gasteiger partial charge in [0.05, 0.1) is 6.57 Å². The van der Waals surface area contributed by atoms with Crippen molar-refractivity contribution in [1.82, 2.24) is 0 Å². The van der Waals surface area contributed by atoms with Crippen molar-refractivity contribution in [2.75, 3.05) is 0 Å². The summed E-state index contributed by atoms with van der Waals surface area (Å²) < 4.78 is 0. The van der Waals surface area contributed by atoms with Crippen LogP contribution in [0.2, 0.25) is 0 Å². The molecule has 0 saturated heterocycles. The van der Waals surface area contributed by atoms with E-state index in [1.807, 2.05) is 18.2 Å². The molecule has 0 amide bonds. The Kier molecular flexibility index (Phi) is 35.1. The van der Waals surface area contributed by atoms with Gasteiger partial charge in [0, 0.05) is 0 Å². The van der Waals surface area contributed by atoms with Crippen molar-refractivity contribution in [3.63, 3.8) is 0 Å². The van der Waals surface area contributed by atoms with Crippen LogP contribution >= 0.6 is 0 Å². The molecular weight excluding hydrogens is 303 g/mol. The molecule has 0 unspecified atom stereocenters. The monoisotopic (exact) mass is 320 g/mol. The summed E-state index contributed by atoms with van der Waals surface area (Å²) in [4.78, 5) is 18.7. The second kappa shape index (κ2) is 24.1. The van der Waals surface area contributed by atoms with Crippen molar-refractivity contribution in [2.45, 2.75) is 20.8 Å². The SMILES string of the molecule is C[C-](C)C.[C-]#[N+]c1ccccc1.[CH-]=O.[CH-]=O.[Ru+4]. The van der Waals surface area contributed by atoms with Crippen LogP contribution in [0, 0.1) is 12.5 Å². The maximum atomic E-state index is 7.75. The standard InChI is InChI=1S/C7H5N.C4H9.2CHO.Ru/c1-8-7-5-3-2-4-6-7;1-4(2)3;2*1-2;/h2-6H;1-3H3;2*1H;/q;3*-1;+4. The van der Waals surface area contributed by atoms with Gasteiger partial charge >= 0.3 is 19.5 Å². The van der Waals surface area contributed by atoms with Gasteiger partial charge in [-0.05, 0) is 0 Å². The average molecular weight is 319 g/mol. The third-order valence-corrected chi connectivity index (χ3v) is 0.885. The summed E-state index contributed by atoms with van der Waals surface area (Å²) in [6.07, 6.45) is 0. The average Bonchev–Trinajstić information content (AvgIpc) is 2.34. The van der Waals surface area contributed by atoms with E-state index in [2.05, 4.69) is 39.2 Å². The number of hydrogen-bond donors (Lipinski definition) is 0. The molecule has 92 valence electrons. The Morgan fingerprint density at radius 3 is 1.47 bits per heavy atom. The number of rotatable bonds is 0. The molecule has 1 aromatic carbocycles. The molecule has 0 aliphatic carbocycles. The second-order valence-corrected chi connectivity index (χ2v) is 2.95. The van der Waals surface area contributed by atoms with Gasteiger partial charge < -0.3 is 15.5 Å². The number of carbonyl (C=O) groups excluding carboxylic acids is 2. The van der Waals surface area contributed by atoms with E-state index in [1.165, 1.54) is 5.92 Å². The molecule has 1 rings (SSSR count). The zero-order valence-electron chi connectivity index (χ0n) is 10.2. The molecule has 1 aromatic rings. The summed E-state index contributed by atoms with van der Waals surface area (Å²) in [5.74, 6) is 1.42. The third-order valence-electron chi connectivity index (χ3n) is 0.885. The largest absolute Gasteiger partial charge is 4.00 e. The second-order valence-electron chi connectivity index (χ2n) is 2.95. The fraction of sp³-hybridized carbons (Fsp3) is 0.231. The molecule has 4 heteroatoms. The minimum Gasteiger partial charge on any atom is -0.545 e. The normalized spacial score (nSPS) is 6.29. The van der Waals surface area contributed by atoms with Crippen LogP contribution < -0.4 is 0 Å². The Bertz CT molecular complexity index is 266. The molecule has 0 N–H and O–H groups in total. The third kappa shape index (κ3) is 31.3. The Morgan fingerprint density at radius 2 is 1.29 bits per heavy atom. The van der Waals surface area contributed by atoms with E-state index in [4.69, 9.17) is 16.2 Å². The van der Waals surface area contributed by atoms with Gasteiger partial charge in [-0.25, -0.2) is 4.85 Å². The molecule has 0 spiro atoms. The topological polar surface area (TPSA) is 38.5 Å². The predicted molar refractivity (Wildman–Crippen MR) is 66.5 cm³/mol. The molecule has 3 nitrogen and oxygen atoms in total. The van der Waals surface area contributed by atoms with Crippen LogP contribution in [0.1, 0.15) is 20.8 Å². The summed E-state index contributed by atoms with van der Waals surface area (Å²) >= 11 is 0. The fourth-order valence-electron chi connectivity index (χ4n) is 0.503. The fourth-order valence-corrected chi connectivity index (χ4v) is 0.503. The summed E-state index contributed by atoms with van der Waals surface area (Å²) in [6.45, 7) is 19.3. The molecule has 0 radical (unpaired) electrons. The van der Waals surface area contributed by atoms with E-state index in [9.17, 15) is 0 Å². The van der Waals surface area contributed by atoms with Gasteiger partial charge in [0.25, 0.3) is 0 Å². The van der Waals surface area contributed by atoms with Crippen LogP contribution in [0.5, 0.6) is 0 Å². The molecule has 0 saturated carbocycles. The minimum atomic E-state index is 0. The van der Waals surface area contributed by atoms with Crippen molar-refractivity contribution in [3.8, 4) is 0 Å². The first kappa shape index (κ1) is 24.8. The van der Waals surface area contributed by atoms with Gasteiger partial charge in [-0.1, -0.05) is 30.3 Å². The van der Waals surface area contributed by atoms with Crippen molar-refractivity contribution in [3.05, 3.63) is 47.7 Å². The van der Waals surface area contributed by atoms with Gasteiger partial charge in [0.2, 0.25) is 0 Å². The first-order valence-electron chi connectivity index (χ1n) is 4.33. The van der Waals surface area contributed by atoms with E-state index in [0.29, 0.717) is 5.69 Å². The van der Waals surface area contributed by atoms with Gasteiger partial charge in [-0.15, -0.1) is 0 Å². The maximum absolute atomic E-state index is 7.75. The Morgan fingerprint density at radius 1 is 1.00 bits per heavy atom. The minimum absolute atomic E-state index is 0. The Balaban J connectivity index is -0.0000000814. The zero-order chi connectivity index (χ0) is 13.4. The number of hydrogen-bond acceptors (Lipinski definition) is 2. The number of nitrogens with zero attached hydrogens (tertiary/aromatic N) is 1. The van der Waals surface area contributed by atoms with Crippen LogP contribution in [0.25, 0.3) is 4.85 Å². The van der Waals surface area contributed by atoms with Gasteiger partial charge in [0.15, 0.2) is 5.69 Å². The molecule has 17 heavy (non-hydrogen) atoms. The first-order valence-corrected chi connectivity index (χ1v) is 4.33. The van der Waals surface area contributed by atoms with Crippen molar-refractivity contribution in [1.29, 1.82) is 0 Å². The van der Waals surface area contributed by atoms with E-state index in [1.54, 1.807) is 12.1 Å². The van der Waals surface area contributed by atoms with Crippen LogP contribution in [0.15, 0.2) is 30.3 Å². The van der Waals surface area contributed by atoms with Gasteiger partial charge in [-0.2, -0.15) is 20.8 Å². The summed E-state index contributed by atoms with van der Waals surface area (Å²) in [6, 6.07) is 9.18. The molecule has 0 heterocycles. The number of para-hydroxylation sites is 1. The van der Waals surface area contributed by atoms with Crippen molar-refractivity contribution >= 4 is 19.3 Å². The van der Waals surface area contributed by atoms with Crippen molar-refractivity contribution in [2.24, 2.45) is 0 Å². The zero-order valence-corrected chi connectivity index (χ0v) is 11.9. The van der Waals surface area contributed by atoms with E-state index < -0.39 is 0 Å². The summed E-state index contributed by atoms with van der Waals surface area (Å²) in [5.41, 5.74) is 0.701. The molecule has 0 aliphatic rings. The molecule has 0 fully saturated rings. The van der Waals surface area contributed by atoms with E-state index in [0.717, 1.165) is 0 Å². The molecule has 0 atom stereocenters. The predicted octanol–water partition coefficient (Wildman–Crippen LogP) is 3.31. The number of benzene rings is 1. The van der Waals surface area contributed by atoms with Crippen LogP contribution in [-0.4, -0.2) is 13.6 Å². The van der Waals surface area contributed by atoms with E-state index >= 15 is 0 Å². The van der Waals surface area contributed by atoms with Crippen LogP contribution in [0.3, 0.4) is 0 Å². The molecule has 0 aliphatic heterocycles. The molecule has 0 aromatic heterocycles. The first-order chi connectivity index (χ1) is 7.66. The quantitative estimate of drug-likeness (QED) is 0.418. The van der Waals surface area contributed by atoms with Gasteiger partial charge in [0.1, 0.15) is 0 Å². The smallest absolute Gasteiger partial charge is 0.545 e. The van der Waals surface area contributed by atoms with Crippen LogP contribution in [0.4, 0.5) is 5.69 Å². The van der Waals surface area contributed by atoms with Crippen molar-refractivity contribution < 1.29 is 29.1 Å². The Hall–Kier alpha value is -1.33. The Labute approximate surface area is 117 Å². The summed E-state index contributed by atoms with van der Waals surface area (Å²) in [7, 11) is 0. The molecule has 0 bridgehead atoms. The summed E-state index contributed by atoms with van der Waals surface area (Å²) in [5, 5.41) is 0. The van der Waals surface area contributed by atoms with E-state index in [-0.39, 0.29) is 19.5 Å². The maximum Gasteiger partial charge on any atom is 4.00 e. The molecular formula is C13H16NO2Ru+. The van der Waals surface area contributed by atoms with Gasteiger partial charge in [-0.3, -0.25) is 13.6 Å².